The highest BCUT2D eigenvalue weighted by Gasteiger charge is 2.09. The second-order valence-corrected chi connectivity index (χ2v) is 7.44. The van der Waals surface area contributed by atoms with Gasteiger partial charge in [-0.05, 0) is 48.0 Å². The lowest BCUT2D eigenvalue weighted by molar-refractivity contribution is 0.415. The number of thiazole rings is 1. The van der Waals surface area contributed by atoms with Crippen LogP contribution in [0.2, 0.25) is 0 Å². The highest BCUT2D eigenvalue weighted by atomic mass is 32.1. The molecular formula is C23H21N3O3S. The van der Waals surface area contributed by atoms with Crippen molar-refractivity contribution in [2.75, 3.05) is 13.7 Å². The minimum absolute atomic E-state index is 0.00277. The van der Waals surface area contributed by atoms with E-state index >= 15 is 0 Å². The molecule has 0 bridgehead atoms. The summed E-state index contributed by atoms with van der Waals surface area (Å²) >= 11 is 1.51. The summed E-state index contributed by atoms with van der Waals surface area (Å²) < 4.78 is 7.08. The van der Waals surface area contributed by atoms with Crippen molar-refractivity contribution < 1.29 is 14.9 Å². The monoisotopic (exact) mass is 419 g/mol. The number of aromatic nitrogens is 1. The number of methoxy groups -OCH3 is 1. The van der Waals surface area contributed by atoms with Gasteiger partial charge < -0.3 is 14.9 Å². The number of rotatable bonds is 5. The fraction of sp³-hybridized carbons (Fsp3) is 0.130. The van der Waals surface area contributed by atoms with Gasteiger partial charge in [0.15, 0.2) is 0 Å². The molecule has 0 aliphatic rings. The molecule has 152 valence electrons. The molecule has 0 atom stereocenters. The molecule has 4 rings (SSSR count). The average Bonchev–Trinajstić information content (AvgIpc) is 3.15. The zero-order chi connectivity index (χ0) is 21.1. The van der Waals surface area contributed by atoms with Gasteiger partial charge in [0.05, 0.1) is 19.0 Å². The standard InChI is InChI=1S/C23H21N3O3S/c1-3-24-23-26(25-13-18-6-8-19(27)12-22(18)28)21(14-30-23)17-5-4-16-11-20(29-2)9-7-15(16)10-17/h4-14,27-28H,3H2,1-2H3. The van der Waals surface area contributed by atoms with E-state index in [9.17, 15) is 10.2 Å². The minimum atomic E-state index is -0.0373. The summed E-state index contributed by atoms with van der Waals surface area (Å²) in [4.78, 5) is 5.30. The van der Waals surface area contributed by atoms with E-state index < -0.39 is 0 Å². The van der Waals surface area contributed by atoms with Crippen LogP contribution in [-0.4, -0.2) is 34.8 Å². The van der Waals surface area contributed by atoms with Gasteiger partial charge in [-0.25, -0.2) is 4.68 Å². The third-order valence-corrected chi connectivity index (χ3v) is 5.50. The fourth-order valence-corrected chi connectivity index (χ4v) is 4.03. The molecule has 2 N–H and O–H groups in total. The van der Waals surface area contributed by atoms with Crippen molar-refractivity contribution in [1.29, 1.82) is 0 Å². The van der Waals surface area contributed by atoms with Crippen LogP contribution in [0, 0.1) is 0 Å². The number of benzene rings is 3. The fourth-order valence-electron chi connectivity index (χ4n) is 3.12. The van der Waals surface area contributed by atoms with Crippen LogP contribution < -0.4 is 9.54 Å². The Morgan fingerprint density at radius 2 is 1.83 bits per heavy atom. The summed E-state index contributed by atoms with van der Waals surface area (Å²) in [5.41, 5.74) is 2.42. The van der Waals surface area contributed by atoms with Crippen molar-refractivity contribution in [1.82, 2.24) is 4.68 Å². The molecule has 1 heterocycles. The Bertz CT molecular complexity index is 1300. The van der Waals surface area contributed by atoms with Crippen LogP contribution in [-0.2, 0) is 0 Å². The number of ether oxygens (including phenoxy) is 1. The topological polar surface area (TPSA) is 79.3 Å². The predicted molar refractivity (Wildman–Crippen MR) is 121 cm³/mol. The van der Waals surface area contributed by atoms with Crippen LogP contribution in [0.4, 0.5) is 0 Å². The first kappa shape index (κ1) is 19.7. The van der Waals surface area contributed by atoms with Gasteiger partial charge in [-0.3, -0.25) is 4.99 Å². The molecular weight excluding hydrogens is 398 g/mol. The lowest BCUT2D eigenvalue weighted by Gasteiger charge is -2.07. The molecule has 0 spiro atoms. The summed E-state index contributed by atoms with van der Waals surface area (Å²) in [5, 5.41) is 28.3. The largest absolute Gasteiger partial charge is 0.508 e. The Morgan fingerprint density at radius 1 is 1.03 bits per heavy atom. The molecule has 0 aliphatic heterocycles. The van der Waals surface area contributed by atoms with Crippen molar-refractivity contribution in [3.8, 4) is 28.5 Å². The van der Waals surface area contributed by atoms with Crippen molar-refractivity contribution in [2.45, 2.75) is 6.92 Å². The Balaban J connectivity index is 1.80. The van der Waals surface area contributed by atoms with E-state index in [1.54, 1.807) is 24.1 Å². The van der Waals surface area contributed by atoms with E-state index in [0.717, 1.165) is 32.6 Å². The first-order valence-electron chi connectivity index (χ1n) is 9.44. The van der Waals surface area contributed by atoms with Crippen molar-refractivity contribution >= 4 is 28.3 Å². The van der Waals surface area contributed by atoms with Crippen molar-refractivity contribution in [2.24, 2.45) is 10.1 Å². The van der Waals surface area contributed by atoms with Crippen molar-refractivity contribution in [3.63, 3.8) is 0 Å². The number of fused-ring (bicyclic) bond motifs is 1. The maximum atomic E-state index is 10.0. The molecule has 3 aromatic carbocycles. The SMILES string of the molecule is CCN=c1scc(-c2ccc3cc(OC)ccc3c2)n1N=Cc1ccc(O)cc1O. The van der Waals surface area contributed by atoms with Crippen LogP contribution >= 0.6 is 11.3 Å². The molecule has 0 radical (unpaired) electrons. The Hall–Kier alpha value is -3.58. The van der Waals surface area contributed by atoms with Gasteiger partial charge in [-0.15, -0.1) is 11.3 Å². The summed E-state index contributed by atoms with van der Waals surface area (Å²) in [5.74, 6) is 0.788. The lowest BCUT2D eigenvalue weighted by Crippen LogP contribution is -2.12. The maximum Gasteiger partial charge on any atom is 0.206 e. The van der Waals surface area contributed by atoms with Gasteiger partial charge in [-0.1, -0.05) is 18.2 Å². The van der Waals surface area contributed by atoms with E-state index in [2.05, 4.69) is 22.2 Å². The van der Waals surface area contributed by atoms with Gasteiger partial charge in [0.1, 0.15) is 17.2 Å². The third kappa shape index (κ3) is 3.92. The minimum Gasteiger partial charge on any atom is -0.508 e. The molecule has 7 heteroatoms. The summed E-state index contributed by atoms with van der Waals surface area (Å²) in [6.45, 7) is 2.61. The Kier molecular flexibility index (Phi) is 5.54. The lowest BCUT2D eigenvalue weighted by atomic mass is 10.1. The molecule has 4 aromatic rings. The molecule has 0 fully saturated rings. The maximum absolute atomic E-state index is 10.0. The van der Waals surface area contributed by atoms with E-state index in [4.69, 9.17) is 4.74 Å². The molecule has 0 saturated carbocycles. The summed E-state index contributed by atoms with van der Waals surface area (Å²) in [6, 6.07) is 16.6. The number of hydrogen-bond acceptors (Lipinski definition) is 6. The van der Waals surface area contributed by atoms with E-state index in [1.807, 2.05) is 36.6 Å². The van der Waals surface area contributed by atoms with Crippen LogP contribution in [0.15, 0.2) is 70.1 Å². The van der Waals surface area contributed by atoms with Crippen molar-refractivity contribution in [3.05, 3.63) is 70.3 Å². The number of nitrogens with zero attached hydrogens (tertiary/aromatic N) is 3. The molecule has 0 saturated heterocycles. The second kappa shape index (κ2) is 8.42. The van der Waals surface area contributed by atoms with E-state index in [0.29, 0.717) is 12.1 Å². The quantitative estimate of drug-likeness (QED) is 0.464. The van der Waals surface area contributed by atoms with Gasteiger partial charge >= 0.3 is 0 Å². The first-order valence-corrected chi connectivity index (χ1v) is 10.3. The zero-order valence-electron chi connectivity index (χ0n) is 16.6. The predicted octanol–water partition coefficient (Wildman–Crippen LogP) is 4.59. The summed E-state index contributed by atoms with van der Waals surface area (Å²) in [6.07, 6.45) is 1.56. The Labute approximate surface area is 177 Å². The Morgan fingerprint density at radius 3 is 2.60 bits per heavy atom. The highest BCUT2D eigenvalue weighted by Crippen LogP contribution is 2.28. The van der Waals surface area contributed by atoms with Gasteiger partial charge in [0, 0.05) is 29.1 Å². The molecule has 0 amide bonds. The zero-order valence-corrected chi connectivity index (χ0v) is 17.4. The first-order chi connectivity index (χ1) is 14.6. The number of aromatic hydroxyl groups is 2. The van der Waals surface area contributed by atoms with Crippen LogP contribution in [0.25, 0.3) is 22.0 Å². The second-order valence-electron chi connectivity index (χ2n) is 6.61. The van der Waals surface area contributed by atoms with Crippen LogP contribution in [0.5, 0.6) is 17.2 Å². The van der Waals surface area contributed by atoms with Crippen LogP contribution in [0.1, 0.15) is 12.5 Å². The van der Waals surface area contributed by atoms with Gasteiger partial charge in [-0.2, -0.15) is 5.10 Å². The van der Waals surface area contributed by atoms with Gasteiger partial charge in [0.2, 0.25) is 4.80 Å². The van der Waals surface area contributed by atoms with Crippen LogP contribution in [0.3, 0.4) is 0 Å². The molecule has 6 nitrogen and oxygen atoms in total. The van der Waals surface area contributed by atoms with E-state index in [-0.39, 0.29) is 11.5 Å². The normalized spacial score (nSPS) is 12.1. The number of hydrogen-bond donors (Lipinski definition) is 2. The number of phenolic OH excluding ortho intramolecular Hbond substituents is 2. The number of phenols is 2. The van der Waals surface area contributed by atoms with Gasteiger partial charge in [0.25, 0.3) is 0 Å². The smallest absolute Gasteiger partial charge is 0.206 e. The third-order valence-electron chi connectivity index (χ3n) is 4.65. The molecule has 1 aromatic heterocycles. The highest BCUT2D eigenvalue weighted by molar-refractivity contribution is 7.07. The average molecular weight is 420 g/mol. The molecule has 0 aliphatic carbocycles. The summed E-state index contributed by atoms with van der Waals surface area (Å²) in [7, 11) is 1.66. The molecule has 0 unspecified atom stereocenters. The van der Waals surface area contributed by atoms with E-state index in [1.165, 1.54) is 23.5 Å². The molecule has 30 heavy (non-hydrogen) atoms.